The molecule has 1 aliphatic heterocycles. The molecule has 2 aromatic rings. The van der Waals surface area contributed by atoms with E-state index in [2.05, 4.69) is 5.32 Å². The van der Waals surface area contributed by atoms with Crippen LogP contribution in [-0.4, -0.2) is 62.9 Å². The van der Waals surface area contributed by atoms with Crippen molar-refractivity contribution in [1.82, 2.24) is 10.2 Å². The molecule has 220 valence electrons. The van der Waals surface area contributed by atoms with Gasteiger partial charge in [-0.3, -0.25) is 9.69 Å². The van der Waals surface area contributed by atoms with Crippen molar-refractivity contribution in [3.8, 4) is 0 Å². The number of nitrogens with zero attached hydrogens (tertiary/aromatic N) is 2. The summed E-state index contributed by atoms with van der Waals surface area (Å²) in [5, 5.41) is 2.53. The van der Waals surface area contributed by atoms with E-state index in [0.717, 1.165) is 11.0 Å². The van der Waals surface area contributed by atoms with Crippen molar-refractivity contribution in [2.75, 3.05) is 30.8 Å². The fourth-order valence-electron chi connectivity index (χ4n) is 4.14. The first-order valence-electron chi connectivity index (χ1n) is 12.2. The van der Waals surface area contributed by atoms with Gasteiger partial charge in [0.05, 0.1) is 27.9 Å². The number of anilines is 1. The quantitative estimate of drug-likeness (QED) is 0.419. The Morgan fingerprint density at radius 2 is 1.75 bits per heavy atom. The number of ether oxygens (including phenoxy) is 1. The van der Waals surface area contributed by atoms with E-state index in [1.807, 2.05) is 0 Å². The van der Waals surface area contributed by atoms with E-state index in [1.165, 1.54) is 32.2 Å². The molecule has 0 unspecified atom stereocenters. The summed E-state index contributed by atoms with van der Waals surface area (Å²) in [4.78, 5) is 27.7. The number of hydrogen-bond acceptors (Lipinski definition) is 6. The zero-order valence-corrected chi connectivity index (χ0v) is 24.9. The second kappa shape index (κ2) is 11.8. The predicted molar refractivity (Wildman–Crippen MR) is 147 cm³/mol. The molecule has 0 radical (unpaired) electrons. The van der Waals surface area contributed by atoms with Gasteiger partial charge in [0.25, 0.3) is 5.91 Å². The highest BCUT2D eigenvalue weighted by Gasteiger charge is 2.38. The number of carbonyl (C=O) groups is 2. The number of amides is 2. The minimum Gasteiger partial charge on any atom is -0.444 e. The number of likely N-dealkylation sites (tertiary alicyclic amines) is 1. The maximum Gasteiger partial charge on any atom is 0.416 e. The molecule has 0 atom stereocenters. The van der Waals surface area contributed by atoms with Gasteiger partial charge >= 0.3 is 12.3 Å². The highest BCUT2D eigenvalue weighted by molar-refractivity contribution is 7.91. The number of rotatable bonds is 7. The van der Waals surface area contributed by atoms with E-state index < -0.39 is 39.2 Å². The van der Waals surface area contributed by atoms with Crippen LogP contribution in [0.5, 0.6) is 0 Å². The van der Waals surface area contributed by atoms with Gasteiger partial charge in [0, 0.05) is 42.3 Å². The molecule has 8 nitrogen and oxygen atoms in total. The molecule has 0 saturated carbocycles. The van der Waals surface area contributed by atoms with Crippen molar-refractivity contribution in [2.45, 2.75) is 57.0 Å². The Bertz CT molecular complexity index is 1410. The first-order chi connectivity index (χ1) is 18.3. The monoisotopic (exact) mass is 623 g/mol. The van der Waals surface area contributed by atoms with Crippen molar-refractivity contribution in [1.29, 1.82) is 0 Å². The van der Waals surface area contributed by atoms with E-state index >= 15 is 0 Å². The predicted octanol–water partition coefficient (Wildman–Crippen LogP) is 5.79. The molecule has 0 spiro atoms. The maximum absolute atomic E-state index is 14.1. The smallest absolute Gasteiger partial charge is 0.416 e. The Balaban J connectivity index is 1.86. The number of alkyl carbamates (subject to hydrolysis) is 1. The molecule has 2 amide bonds. The number of sulfone groups is 1. The summed E-state index contributed by atoms with van der Waals surface area (Å²) < 4.78 is 72.7. The van der Waals surface area contributed by atoms with Crippen LogP contribution in [0.4, 0.5) is 23.7 Å². The molecule has 0 aromatic heterocycles. The highest BCUT2D eigenvalue weighted by atomic mass is 35.5. The lowest BCUT2D eigenvalue weighted by molar-refractivity contribution is -0.138. The van der Waals surface area contributed by atoms with Crippen molar-refractivity contribution >= 4 is 50.7 Å². The standard InChI is InChI=1S/C26H30Cl2F3N3O5S/c1-6-40(37,38)22-8-7-16(27)11-21(22)33(5)23(35)15-9-19(26(29,30)31)18(20(28)10-15)14-34-12-17(13-34)32-24(36)39-25(2,3)4/h7-11,17H,6,12-14H2,1-5H3,(H,32,36). The van der Waals surface area contributed by atoms with Gasteiger partial charge in [0.15, 0.2) is 9.84 Å². The molecule has 1 N–H and O–H groups in total. The Labute approximate surface area is 241 Å². The van der Waals surface area contributed by atoms with Crippen LogP contribution in [0.2, 0.25) is 10.0 Å². The molecule has 0 bridgehead atoms. The average molecular weight is 625 g/mol. The minimum atomic E-state index is -4.83. The van der Waals surface area contributed by atoms with Crippen LogP contribution in [-0.2, 0) is 27.3 Å². The Hall–Kier alpha value is -2.54. The van der Waals surface area contributed by atoms with Crippen molar-refractivity contribution < 1.29 is 35.9 Å². The Morgan fingerprint density at radius 3 is 2.30 bits per heavy atom. The van der Waals surface area contributed by atoms with Crippen molar-refractivity contribution in [3.63, 3.8) is 0 Å². The van der Waals surface area contributed by atoms with Crippen LogP contribution in [0.3, 0.4) is 0 Å². The van der Waals surface area contributed by atoms with Crippen LogP contribution >= 0.6 is 23.2 Å². The lowest BCUT2D eigenvalue weighted by atomic mass is 9.99. The van der Waals surface area contributed by atoms with Crippen molar-refractivity contribution in [3.05, 3.63) is 57.1 Å². The van der Waals surface area contributed by atoms with Crippen LogP contribution in [0.1, 0.15) is 49.2 Å². The van der Waals surface area contributed by atoms with Gasteiger partial charge in [-0.1, -0.05) is 30.1 Å². The lowest BCUT2D eigenvalue weighted by Gasteiger charge is -2.40. The Morgan fingerprint density at radius 1 is 1.12 bits per heavy atom. The lowest BCUT2D eigenvalue weighted by Crippen LogP contribution is -2.59. The number of halogens is 5. The fourth-order valence-corrected chi connectivity index (χ4v) is 5.68. The molecule has 40 heavy (non-hydrogen) atoms. The van der Waals surface area contributed by atoms with Gasteiger partial charge in [0.2, 0.25) is 0 Å². The third-order valence-electron chi connectivity index (χ3n) is 6.11. The maximum atomic E-state index is 14.1. The van der Waals surface area contributed by atoms with E-state index in [4.69, 9.17) is 27.9 Å². The van der Waals surface area contributed by atoms with E-state index in [1.54, 1.807) is 25.7 Å². The number of carbonyl (C=O) groups excluding carboxylic acids is 2. The SMILES string of the molecule is CCS(=O)(=O)c1ccc(Cl)cc1N(C)C(=O)c1cc(Cl)c(CN2CC(NC(=O)OC(C)(C)C)C2)c(C(F)(F)F)c1. The largest absolute Gasteiger partial charge is 0.444 e. The zero-order valence-electron chi connectivity index (χ0n) is 22.5. The second-order valence-electron chi connectivity index (χ2n) is 10.4. The van der Waals surface area contributed by atoms with Gasteiger partial charge in [0.1, 0.15) is 5.60 Å². The molecule has 3 rings (SSSR count). The molecular weight excluding hydrogens is 594 g/mol. The molecule has 1 fully saturated rings. The number of alkyl halides is 3. The van der Waals surface area contributed by atoms with Crippen LogP contribution < -0.4 is 10.2 Å². The van der Waals surface area contributed by atoms with Gasteiger partial charge in [-0.05, 0) is 56.7 Å². The summed E-state index contributed by atoms with van der Waals surface area (Å²) in [6.07, 6.45) is -5.45. The third kappa shape index (κ3) is 7.59. The normalized spacial score (nSPS) is 14.9. The van der Waals surface area contributed by atoms with Gasteiger partial charge in [-0.2, -0.15) is 13.2 Å². The summed E-state index contributed by atoms with van der Waals surface area (Å²) in [5.74, 6) is -1.16. The summed E-state index contributed by atoms with van der Waals surface area (Å²) in [5.41, 5.74) is -2.45. The molecule has 14 heteroatoms. The number of benzene rings is 2. The summed E-state index contributed by atoms with van der Waals surface area (Å²) in [7, 11) is -2.54. The van der Waals surface area contributed by atoms with E-state index in [-0.39, 0.29) is 63.2 Å². The minimum absolute atomic E-state index is 0.0720. The van der Waals surface area contributed by atoms with Gasteiger partial charge in [-0.25, -0.2) is 13.2 Å². The first kappa shape index (κ1) is 32.0. The molecule has 1 heterocycles. The number of hydrogen-bond donors (Lipinski definition) is 1. The third-order valence-corrected chi connectivity index (χ3v) is 8.46. The summed E-state index contributed by atoms with van der Waals surface area (Å²) >= 11 is 12.3. The second-order valence-corrected chi connectivity index (χ2v) is 13.5. The number of nitrogens with one attached hydrogen (secondary N) is 1. The van der Waals surface area contributed by atoms with Crippen LogP contribution in [0.25, 0.3) is 0 Å². The zero-order chi connectivity index (χ0) is 30.2. The highest BCUT2D eigenvalue weighted by Crippen LogP contribution is 2.38. The molecule has 1 aliphatic rings. The Kier molecular flexibility index (Phi) is 9.40. The molecule has 0 aliphatic carbocycles. The van der Waals surface area contributed by atoms with Gasteiger partial charge < -0.3 is 15.0 Å². The van der Waals surface area contributed by atoms with E-state index in [9.17, 15) is 31.2 Å². The average Bonchev–Trinajstić information content (AvgIpc) is 2.80. The molecule has 1 saturated heterocycles. The van der Waals surface area contributed by atoms with Crippen molar-refractivity contribution in [2.24, 2.45) is 0 Å². The molecular formula is C26H30Cl2F3N3O5S. The fraction of sp³-hybridized carbons (Fsp3) is 0.462. The summed E-state index contributed by atoms with van der Waals surface area (Å²) in [6.45, 7) is 6.96. The molecule has 2 aromatic carbocycles. The summed E-state index contributed by atoms with van der Waals surface area (Å²) in [6, 6.07) is 5.38. The van der Waals surface area contributed by atoms with Crippen LogP contribution in [0.15, 0.2) is 35.2 Å². The first-order valence-corrected chi connectivity index (χ1v) is 14.6. The van der Waals surface area contributed by atoms with Gasteiger partial charge in [-0.15, -0.1) is 0 Å². The van der Waals surface area contributed by atoms with E-state index in [0.29, 0.717) is 6.07 Å². The topological polar surface area (TPSA) is 96.0 Å². The van der Waals surface area contributed by atoms with Crippen LogP contribution in [0, 0.1) is 0 Å².